The Morgan fingerprint density at radius 3 is 0.735 bits per heavy atom. The van der Waals surface area contributed by atoms with Gasteiger partial charge in [0.05, 0.1) is 25.4 Å². The van der Waals surface area contributed by atoms with Crippen molar-refractivity contribution in [3.05, 3.63) is 0 Å². The Labute approximate surface area is 521 Å². The van der Waals surface area contributed by atoms with Gasteiger partial charge in [0, 0.05) is 12.8 Å². The van der Waals surface area contributed by atoms with Gasteiger partial charge >= 0.3 is 5.97 Å². The Bertz CT molecular complexity index is 1210. The average molecular weight is 1170 g/mol. The third-order valence-electron chi connectivity index (χ3n) is 18.7. The number of hydrogen-bond acceptors (Lipinski definition) is 5. The van der Waals surface area contributed by atoms with Gasteiger partial charge in [-0.2, -0.15) is 0 Å². The summed E-state index contributed by atoms with van der Waals surface area (Å²) in [5.74, 6) is 0.00197. The molecule has 0 aliphatic carbocycles. The summed E-state index contributed by atoms with van der Waals surface area (Å²) in [5.41, 5.74) is 0. The van der Waals surface area contributed by atoms with Crippen LogP contribution in [0.2, 0.25) is 0 Å². The predicted octanol–water partition coefficient (Wildman–Crippen LogP) is 25.3. The monoisotopic (exact) mass is 1170 g/mol. The molecule has 1 amide bonds. The number of esters is 1. The van der Waals surface area contributed by atoms with Crippen LogP contribution in [0.15, 0.2) is 0 Å². The standard InChI is InChI=1S/C77H153NO5/c1-3-5-7-9-11-13-15-17-43-47-51-55-59-63-67-71-77(82)83-72-68-64-60-56-52-48-45-42-40-38-36-34-32-30-28-26-24-22-20-18-19-21-23-25-27-29-31-33-35-37-39-41-44-46-50-54-58-62-66-70-76(81)78-74(73-79)75(80)69-65-61-57-53-49-16-14-12-10-8-6-4-2/h74-75,79-80H,3-73H2,1-2H3,(H,78,81). The summed E-state index contributed by atoms with van der Waals surface area (Å²) < 4.78 is 5.51. The Kier molecular flexibility index (Phi) is 72.3. The average Bonchev–Trinajstić information content (AvgIpc) is 3.49. The number of ether oxygens (including phenoxy) is 1. The summed E-state index contributed by atoms with van der Waals surface area (Å²) in [6, 6.07) is -0.534. The first-order valence-corrected chi connectivity index (χ1v) is 38.8. The molecule has 2 atom stereocenters. The van der Waals surface area contributed by atoms with Crippen molar-refractivity contribution >= 4 is 11.9 Å². The number of rotatable bonds is 74. The highest BCUT2D eigenvalue weighted by molar-refractivity contribution is 5.76. The lowest BCUT2D eigenvalue weighted by molar-refractivity contribution is -0.143. The molecule has 496 valence electrons. The Balaban J connectivity index is 3.25. The Hall–Kier alpha value is -1.14. The van der Waals surface area contributed by atoms with E-state index in [0.29, 0.717) is 25.9 Å². The lowest BCUT2D eigenvalue weighted by atomic mass is 10.0. The molecular weight excluding hydrogens is 1020 g/mol. The zero-order valence-electron chi connectivity index (χ0n) is 57.0. The van der Waals surface area contributed by atoms with Gasteiger partial charge in [0.2, 0.25) is 5.91 Å². The molecule has 0 aromatic carbocycles. The first-order chi connectivity index (χ1) is 41.0. The predicted molar refractivity (Wildman–Crippen MR) is 366 cm³/mol. The van der Waals surface area contributed by atoms with Crippen molar-refractivity contribution < 1.29 is 24.5 Å². The van der Waals surface area contributed by atoms with E-state index in [-0.39, 0.29) is 18.5 Å². The molecule has 0 aromatic rings. The van der Waals surface area contributed by atoms with E-state index in [0.717, 1.165) is 38.5 Å². The number of aliphatic hydroxyl groups excluding tert-OH is 2. The van der Waals surface area contributed by atoms with Gasteiger partial charge in [-0.1, -0.05) is 418 Å². The number of carbonyl (C=O) groups is 2. The molecule has 0 heterocycles. The largest absolute Gasteiger partial charge is 0.466 e. The van der Waals surface area contributed by atoms with Gasteiger partial charge in [-0.25, -0.2) is 0 Å². The minimum atomic E-state index is -0.658. The number of nitrogens with one attached hydrogen (secondary N) is 1. The van der Waals surface area contributed by atoms with Crippen LogP contribution in [0.1, 0.15) is 457 Å². The van der Waals surface area contributed by atoms with Crippen LogP contribution in [0.4, 0.5) is 0 Å². The van der Waals surface area contributed by atoms with Crippen molar-refractivity contribution in [2.75, 3.05) is 13.2 Å². The smallest absolute Gasteiger partial charge is 0.305 e. The number of hydrogen-bond donors (Lipinski definition) is 3. The highest BCUT2D eigenvalue weighted by atomic mass is 16.5. The van der Waals surface area contributed by atoms with Crippen LogP contribution in [-0.4, -0.2) is 47.4 Å². The van der Waals surface area contributed by atoms with Gasteiger partial charge < -0.3 is 20.3 Å². The lowest BCUT2D eigenvalue weighted by Gasteiger charge is -2.22. The lowest BCUT2D eigenvalue weighted by Crippen LogP contribution is -2.45. The highest BCUT2D eigenvalue weighted by Gasteiger charge is 2.20. The van der Waals surface area contributed by atoms with E-state index in [9.17, 15) is 19.8 Å². The highest BCUT2D eigenvalue weighted by Crippen LogP contribution is 2.20. The molecule has 83 heavy (non-hydrogen) atoms. The maximum atomic E-state index is 12.5. The van der Waals surface area contributed by atoms with Crippen molar-refractivity contribution in [1.29, 1.82) is 0 Å². The molecule has 6 heteroatoms. The van der Waals surface area contributed by atoms with E-state index in [4.69, 9.17) is 4.74 Å². The molecule has 0 radical (unpaired) electrons. The minimum Gasteiger partial charge on any atom is -0.466 e. The first-order valence-electron chi connectivity index (χ1n) is 38.8. The third-order valence-corrected chi connectivity index (χ3v) is 18.7. The van der Waals surface area contributed by atoms with Gasteiger partial charge in [0.15, 0.2) is 0 Å². The summed E-state index contributed by atoms with van der Waals surface area (Å²) in [6.07, 6.45) is 90.7. The van der Waals surface area contributed by atoms with Crippen molar-refractivity contribution in [1.82, 2.24) is 5.32 Å². The molecule has 0 bridgehead atoms. The van der Waals surface area contributed by atoms with Gasteiger partial charge in [0.1, 0.15) is 0 Å². The summed E-state index contributed by atoms with van der Waals surface area (Å²) in [6.45, 7) is 5.00. The topological polar surface area (TPSA) is 95.9 Å². The van der Waals surface area contributed by atoms with E-state index in [1.54, 1.807) is 0 Å². The van der Waals surface area contributed by atoms with Gasteiger partial charge in [-0.15, -0.1) is 0 Å². The number of unbranched alkanes of at least 4 members (excludes halogenated alkanes) is 63. The Morgan fingerprint density at radius 1 is 0.289 bits per heavy atom. The van der Waals surface area contributed by atoms with E-state index in [1.807, 2.05) is 0 Å². The second-order valence-corrected chi connectivity index (χ2v) is 27.1. The van der Waals surface area contributed by atoms with Crippen molar-refractivity contribution in [3.8, 4) is 0 Å². The number of carbonyl (C=O) groups excluding carboxylic acids is 2. The quantitative estimate of drug-likeness (QED) is 0.0417. The zero-order chi connectivity index (χ0) is 59.9. The van der Waals surface area contributed by atoms with Gasteiger partial charge in [0.25, 0.3) is 0 Å². The molecular formula is C77H153NO5. The van der Waals surface area contributed by atoms with E-state index in [1.165, 1.54) is 385 Å². The van der Waals surface area contributed by atoms with Crippen LogP contribution >= 0.6 is 0 Å². The molecule has 0 aliphatic heterocycles. The summed E-state index contributed by atoms with van der Waals surface area (Å²) >= 11 is 0. The fourth-order valence-electron chi connectivity index (χ4n) is 12.8. The van der Waals surface area contributed by atoms with Crippen LogP contribution in [-0.2, 0) is 14.3 Å². The van der Waals surface area contributed by atoms with Crippen LogP contribution in [0, 0.1) is 0 Å². The summed E-state index contributed by atoms with van der Waals surface area (Å²) in [5, 5.41) is 23.3. The second-order valence-electron chi connectivity index (χ2n) is 27.1. The van der Waals surface area contributed by atoms with Crippen molar-refractivity contribution in [2.45, 2.75) is 469 Å². The molecule has 0 aromatic heterocycles. The zero-order valence-corrected chi connectivity index (χ0v) is 57.0. The van der Waals surface area contributed by atoms with E-state index >= 15 is 0 Å². The maximum absolute atomic E-state index is 12.5. The molecule has 0 saturated carbocycles. The van der Waals surface area contributed by atoms with E-state index < -0.39 is 12.1 Å². The van der Waals surface area contributed by atoms with E-state index in [2.05, 4.69) is 19.2 Å². The molecule has 2 unspecified atom stereocenters. The number of amides is 1. The molecule has 0 aliphatic rings. The Morgan fingerprint density at radius 2 is 0.494 bits per heavy atom. The molecule has 3 N–H and O–H groups in total. The maximum Gasteiger partial charge on any atom is 0.305 e. The van der Waals surface area contributed by atoms with Gasteiger partial charge in [-0.3, -0.25) is 9.59 Å². The molecule has 0 saturated heterocycles. The SMILES string of the molecule is CCCCCCCCCCCCCCCCCC(=O)OCCCCCCCCCCCCCCCCCCCCCCCCCCCCCCCCCCCCCCCCCC(=O)NC(CO)C(O)CCCCCCCCCCCCCC. The van der Waals surface area contributed by atoms with Crippen LogP contribution in [0.25, 0.3) is 0 Å². The molecule has 6 nitrogen and oxygen atoms in total. The molecule has 0 spiro atoms. The van der Waals surface area contributed by atoms with Crippen molar-refractivity contribution in [2.24, 2.45) is 0 Å². The fourth-order valence-corrected chi connectivity index (χ4v) is 12.8. The normalized spacial score (nSPS) is 12.4. The van der Waals surface area contributed by atoms with Crippen LogP contribution < -0.4 is 5.32 Å². The fraction of sp³-hybridized carbons (Fsp3) is 0.974. The van der Waals surface area contributed by atoms with Crippen molar-refractivity contribution in [3.63, 3.8) is 0 Å². The minimum absolute atomic E-state index is 0.0262. The second kappa shape index (κ2) is 73.3. The molecule has 0 fully saturated rings. The van der Waals surface area contributed by atoms with Crippen LogP contribution in [0.5, 0.6) is 0 Å². The van der Waals surface area contributed by atoms with Crippen LogP contribution in [0.3, 0.4) is 0 Å². The summed E-state index contributed by atoms with van der Waals surface area (Å²) in [4.78, 5) is 24.6. The third kappa shape index (κ3) is 69.8. The first kappa shape index (κ1) is 81.9. The summed E-state index contributed by atoms with van der Waals surface area (Å²) in [7, 11) is 0. The number of aliphatic hydroxyl groups is 2. The molecule has 0 rings (SSSR count). The van der Waals surface area contributed by atoms with Gasteiger partial charge in [-0.05, 0) is 25.7 Å².